The van der Waals surface area contributed by atoms with Gasteiger partial charge >= 0.3 is 0 Å². The summed E-state index contributed by atoms with van der Waals surface area (Å²) in [6.07, 6.45) is 2.02. The zero-order chi connectivity index (χ0) is 13.9. The van der Waals surface area contributed by atoms with E-state index in [0.29, 0.717) is 0 Å². The van der Waals surface area contributed by atoms with Crippen molar-refractivity contribution in [1.82, 2.24) is 0 Å². The molecule has 20 heavy (non-hydrogen) atoms. The molecule has 100 valence electrons. The molecule has 0 fully saturated rings. The van der Waals surface area contributed by atoms with Gasteiger partial charge < -0.3 is 5.32 Å². The number of carbonyl (C=O) groups excluding carboxylic acids is 1. The Morgan fingerprint density at radius 3 is 2.75 bits per heavy atom. The van der Waals surface area contributed by atoms with Crippen LogP contribution in [-0.2, 0) is 0 Å². The van der Waals surface area contributed by atoms with Crippen molar-refractivity contribution < 1.29 is 4.79 Å². The maximum Gasteiger partial charge on any atom is 0.265 e. The third kappa shape index (κ3) is 2.71. The van der Waals surface area contributed by atoms with Crippen molar-refractivity contribution in [3.63, 3.8) is 0 Å². The van der Waals surface area contributed by atoms with E-state index in [2.05, 4.69) is 5.32 Å². The lowest BCUT2D eigenvalue weighted by Crippen LogP contribution is -2.09. The molecule has 0 saturated heterocycles. The van der Waals surface area contributed by atoms with E-state index in [1.807, 2.05) is 60.9 Å². The number of amides is 1. The van der Waals surface area contributed by atoms with Crippen LogP contribution >= 0.6 is 23.1 Å². The lowest BCUT2D eigenvalue weighted by atomic mass is 10.2. The standard InChI is InChI=1S/C16H13NOS2/c1-19-13-7-4-6-12(10-13)17-16(18)15-9-11-5-2-3-8-14(11)20-15/h2-10H,1H3,(H,17,18). The molecule has 1 aromatic heterocycles. The van der Waals surface area contributed by atoms with Crippen LogP contribution in [0.25, 0.3) is 10.1 Å². The van der Waals surface area contributed by atoms with Crippen LogP contribution in [0.15, 0.2) is 59.5 Å². The van der Waals surface area contributed by atoms with E-state index in [1.54, 1.807) is 11.8 Å². The molecule has 0 atom stereocenters. The van der Waals surface area contributed by atoms with Gasteiger partial charge in [0.25, 0.3) is 5.91 Å². The molecule has 1 N–H and O–H groups in total. The van der Waals surface area contributed by atoms with Crippen molar-refractivity contribution in [3.8, 4) is 0 Å². The van der Waals surface area contributed by atoms with E-state index < -0.39 is 0 Å². The Bertz CT molecular complexity index is 731. The van der Waals surface area contributed by atoms with Crippen LogP contribution in [0, 0.1) is 0 Å². The lowest BCUT2D eigenvalue weighted by molar-refractivity contribution is 0.103. The van der Waals surface area contributed by atoms with Crippen molar-refractivity contribution in [2.75, 3.05) is 11.6 Å². The normalized spacial score (nSPS) is 10.7. The van der Waals surface area contributed by atoms with E-state index in [9.17, 15) is 4.79 Å². The number of rotatable bonds is 3. The Morgan fingerprint density at radius 1 is 1.10 bits per heavy atom. The molecule has 0 radical (unpaired) electrons. The topological polar surface area (TPSA) is 29.1 Å². The van der Waals surface area contributed by atoms with Crippen LogP contribution in [0.1, 0.15) is 9.67 Å². The summed E-state index contributed by atoms with van der Waals surface area (Å²) >= 11 is 3.18. The summed E-state index contributed by atoms with van der Waals surface area (Å²) in [6.45, 7) is 0. The molecule has 3 rings (SSSR count). The van der Waals surface area contributed by atoms with Crippen molar-refractivity contribution in [2.45, 2.75) is 4.90 Å². The number of benzene rings is 2. The average Bonchev–Trinajstić information content (AvgIpc) is 2.91. The zero-order valence-corrected chi connectivity index (χ0v) is 12.6. The van der Waals surface area contributed by atoms with E-state index in [4.69, 9.17) is 0 Å². The monoisotopic (exact) mass is 299 g/mol. The SMILES string of the molecule is CSc1cccc(NC(=O)c2cc3ccccc3s2)c1. The molecule has 0 unspecified atom stereocenters. The third-order valence-electron chi connectivity index (χ3n) is 2.98. The molecular formula is C16H13NOS2. The first kappa shape index (κ1) is 13.2. The van der Waals surface area contributed by atoms with E-state index in [1.165, 1.54) is 11.3 Å². The van der Waals surface area contributed by atoms with Crippen LogP contribution < -0.4 is 5.32 Å². The fourth-order valence-electron chi connectivity index (χ4n) is 1.99. The van der Waals surface area contributed by atoms with Gasteiger partial charge in [-0.3, -0.25) is 4.79 Å². The first-order chi connectivity index (χ1) is 9.76. The minimum absolute atomic E-state index is 0.0514. The fraction of sp³-hybridized carbons (Fsp3) is 0.0625. The van der Waals surface area contributed by atoms with Crippen molar-refractivity contribution >= 4 is 44.8 Å². The van der Waals surface area contributed by atoms with Gasteiger partial charge in [0.2, 0.25) is 0 Å². The zero-order valence-electron chi connectivity index (χ0n) is 10.9. The predicted molar refractivity (Wildman–Crippen MR) is 88.0 cm³/mol. The predicted octanol–water partition coefficient (Wildman–Crippen LogP) is 4.88. The Hall–Kier alpha value is -1.78. The van der Waals surface area contributed by atoms with Gasteiger partial charge in [-0.2, -0.15) is 0 Å². The van der Waals surface area contributed by atoms with Crippen molar-refractivity contribution in [1.29, 1.82) is 0 Å². The molecule has 0 aliphatic heterocycles. The van der Waals surface area contributed by atoms with E-state index >= 15 is 0 Å². The first-order valence-electron chi connectivity index (χ1n) is 6.20. The molecule has 0 aliphatic carbocycles. The number of fused-ring (bicyclic) bond motifs is 1. The summed E-state index contributed by atoms with van der Waals surface area (Å²) in [6, 6.07) is 17.8. The average molecular weight is 299 g/mol. The summed E-state index contributed by atoms with van der Waals surface area (Å²) in [5.41, 5.74) is 0.833. The number of carbonyl (C=O) groups is 1. The third-order valence-corrected chi connectivity index (χ3v) is 4.82. The molecule has 1 heterocycles. The van der Waals surface area contributed by atoms with Crippen LogP contribution in [0.3, 0.4) is 0 Å². The number of thioether (sulfide) groups is 1. The molecule has 0 bridgehead atoms. The van der Waals surface area contributed by atoms with Crippen LogP contribution in [0.4, 0.5) is 5.69 Å². The minimum atomic E-state index is -0.0514. The van der Waals surface area contributed by atoms with Gasteiger partial charge in [-0.15, -0.1) is 23.1 Å². The molecular weight excluding hydrogens is 286 g/mol. The molecule has 1 amide bonds. The Kier molecular flexibility index (Phi) is 3.76. The van der Waals surface area contributed by atoms with Gasteiger partial charge in [-0.1, -0.05) is 24.3 Å². The van der Waals surface area contributed by atoms with Gasteiger partial charge in [0.1, 0.15) is 0 Å². The molecule has 0 aliphatic rings. The van der Waals surface area contributed by atoms with Gasteiger partial charge in [0, 0.05) is 15.3 Å². The molecule has 0 spiro atoms. The smallest absolute Gasteiger partial charge is 0.265 e. The Balaban J connectivity index is 1.85. The van der Waals surface area contributed by atoms with Gasteiger partial charge in [0.05, 0.1) is 4.88 Å². The lowest BCUT2D eigenvalue weighted by Gasteiger charge is -2.04. The highest BCUT2D eigenvalue weighted by Crippen LogP contribution is 2.26. The summed E-state index contributed by atoms with van der Waals surface area (Å²) in [7, 11) is 0. The second-order valence-electron chi connectivity index (χ2n) is 4.33. The first-order valence-corrected chi connectivity index (χ1v) is 8.24. The highest BCUT2D eigenvalue weighted by molar-refractivity contribution is 7.98. The number of anilines is 1. The highest BCUT2D eigenvalue weighted by atomic mass is 32.2. The van der Waals surface area contributed by atoms with Gasteiger partial charge in [0.15, 0.2) is 0 Å². The molecule has 0 saturated carbocycles. The Labute approximate surface area is 125 Å². The highest BCUT2D eigenvalue weighted by Gasteiger charge is 2.10. The van der Waals surface area contributed by atoms with Crippen LogP contribution in [0.5, 0.6) is 0 Å². The van der Waals surface area contributed by atoms with Gasteiger partial charge in [-0.25, -0.2) is 0 Å². The number of thiophene rings is 1. The second-order valence-corrected chi connectivity index (χ2v) is 6.30. The van der Waals surface area contributed by atoms with E-state index in [-0.39, 0.29) is 5.91 Å². The van der Waals surface area contributed by atoms with E-state index in [0.717, 1.165) is 25.5 Å². The summed E-state index contributed by atoms with van der Waals surface area (Å²) in [5, 5.41) is 4.06. The molecule has 2 aromatic carbocycles. The van der Waals surface area contributed by atoms with Crippen LogP contribution in [-0.4, -0.2) is 12.2 Å². The maximum absolute atomic E-state index is 12.3. The Morgan fingerprint density at radius 2 is 1.95 bits per heavy atom. The van der Waals surface area contributed by atoms with Gasteiger partial charge in [-0.05, 0) is 42.0 Å². The van der Waals surface area contributed by atoms with Crippen molar-refractivity contribution in [2.24, 2.45) is 0 Å². The number of nitrogens with one attached hydrogen (secondary N) is 1. The largest absolute Gasteiger partial charge is 0.321 e. The summed E-state index contributed by atoms with van der Waals surface area (Å²) in [4.78, 5) is 14.2. The van der Waals surface area contributed by atoms with Crippen LogP contribution in [0.2, 0.25) is 0 Å². The fourth-order valence-corrected chi connectivity index (χ4v) is 3.40. The molecule has 4 heteroatoms. The summed E-state index contributed by atoms with van der Waals surface area (Å²) in [5.74, 6) is -0.0514. The second kappa shape index (κ2) is 5.69. The number of hydrogen-bond acceptors (Lipinski definition) is 3. The molecule has 2 nitrogen and oxygen atoms in total. The minimum Gasteiger partial charge on any atom is -0.321 e. The number of hydrogen-bond donors (Lipinski definition) is 1. The summed E-state index contributed by atoms with van der Waals surface area (Å²) < 4.78 is 1.13. The quantitative estimate of drug-likeness (QED) is 0.699. The maximum atomic E-state index is 12.3. The van der Waals surface area contributed by atoms with Crippen molar-refractivity contribution in [3.05, 3.63) is 59.5 Å². The molecule has 3 aromatic rings.